The van der Waals surface area contributed by atoms with Crippen molar-refractivity contribution in [1.82, 2.24) is 0 Å². The molecule has 4 heteroatoms. The lowest BCUT2D eigenvalue weighted by molar-refractivity contribution is 0.183. The van der Waals surface area contributed by atoms with Gasteiger partial charge < -0.3 is 15.4 Å². The van der Waals surface area contributed by atoms with E-state index in [9.17, 15) is 0 Å². The molecule has 3 nitrogen and oxygen atoms in total. The molecule has 0 heterocycles. The standard InChI is InChI=1S/C14H23BrN2O/c1-10(16)7-12-8-13(15)5-6-14(12)17(3)11(2)9-18-4/h5-6,8,10-11H,7,9,16H2,1-4H3. The van der Waals surface area contributed by atoms with Gasteiger partial charge in [0, 0.05) is 36.4 Å². The molecule has 0 saturated heterocycles. The minimum absolute atomic E-state index is 0.157. The first-order valence-electron chi connectivity index (χ1n) is 6.21. The second kappa shape index (κ2) is 7.12. The lowest BCUT2D eigenvalue weighted by atomic mass is 10.0. The molecule has 18 heavy (non-hydrogen) atoms. The predicted octanol–water partition coefficient (Wildman–Crippen LogP) is 2.81. The first kappa shape index (κ1) is 15.5. The molecule has 0 aromatic heterocycles. The summed E-state index contributed by atoms with van der Waals surface area (Å²) in [6.07, 6.45) is 0.874. The SMILES string of the molecule is COCC(C)N(C)c1ccc(Br)cc1CC(C)N. The molecule has 1 rings (SSSR count). The largest absolute Gasteiger partial charge is 0.383 e. The van der Waals surface area contributed by atoms with Crippen LogP contribution in [0, 0.1) is 0 Å². The smallest absolute Gasteiger partial charge is 0.0663 e. The number of anilines is 1. The number of hydrogen-bond acceptors (Lipinski definition) is 3. The summed E-state index contributed by atoms with van der Waals surface area (Å²) in [7, 11) is 3.83. The number of benzene rings is 1. The number of nitrogens with two attached hydrogens (primary N) is 1. The number of ether oxygens (including phenoxy) is 1. The summed E-state index contributed by atoms with van der Waals surface area (Å²) >= 11 is 3.52. The van der Waals surface area contributed by atoms with Gasteiger partial charge >= 0.3 is 0 Å². The molecule has 0 saturated carbocycles. The average molecular weight is 315 g/mol. The maximum Gasteiger partial charge on any atom is 0.0663 e. The summed E-state index contributed by atoms with van der Waals surface area (Å²) in [5.41, 5.74) is 8.41. The zero-order valence-corrected chi connectivity index (χ0v) is 13.2. The summed E-state index contributed by atoms with van der Waals surface area (Å²) in [5, 5.41) is 0. The van der Waals surface area contributed by atoms with Crippen LogP contribution in [0.1, 0.15) is 19.4 Å². The zero-order valence-electron chi connectivity index (χ0n) is 11.6. The molecule has 0 radical (unpaired) electrons. The van der Waals surface area contributed by atoms with Crippen LogP contribution in [0.2, 0.25) is 0 Å². The van der Waals surface area contributed by atoms with Crippen molar-refractivity contribution in [1.29, 1.82) is 0 Å². The Morgan fingerprint density at radius 3 is 2.61 bits per heavy atom. The van der Waals surface area contributed by atoms with E-state index in [0.29, 0.717) is 12.6 Å². The Labute approximate surface area is 118 Å². The van der Waals surface area contributed by atoms with E-state index >= 15 is 0 Å². The zero-order chi connectivity index (χ0) is 13.7. The van der Waals surface area contributed by atoms with Gasteiger partial charge in [-0.05, 0) is 44.0 Å². The molecule has 0 aliphatic heterocycles. The summed E-state index contributed by atoms with van der Waals surface area (Å²) in [6, 6.07) is 6.84. The van der Waals surface area contributed by atoms with Crippen LogP contribution in [0.5, 0.6) is 0 Å². The highest BCUT2D eigenvalue weighted by molar-refractivity contribution is 9.10. The van der Waals surface area contributed by atoms with Crippen molar-refractivity contribution in [3.8, 4) is 0 Å². The van der Waals surface area contributed by atoms with Crippen molar-refractivity contribution in [3.63, 3.8) is 0 Å². The van der Waals surface area contributed by atoms with Crippen molar-refractivity contribution in [2.75, 3.05) is 25.7 Å². The van der Waals surface area contributed by atoms with E-state index in [-0.39, 0.29) is 6.04 Å². The van der Waals surface area contributed by atoms with E-state index < -0.39 is 0 Å². The Kier molecular flexibility index (Phi) is 6.12. The topological polar surface area (TPSA) is 38.5 Å². The lowest BCUT2D eigenvalue weighted by Crippen LogP contribution is -2.33. The van der Waals surface area contributed by atoms with Gasteiger partial charge in [0.15, 0.2) is 0 Å². The van der Waals surface area contributed by atoms with E-state index in [1.807, 2.05) is 6.92 Å². The van der Waals surface area contributed by atoms with Gasteiger partial charge in [0.2, 0.25) is 0 Å². The Balaban J connectivity index is 2.99. The fourth-order valence-electron chi connectivity index (χ4n) is 2.00. The van der Waals surface area contributed by atoms with Crippen molar-refractivity contribution in [2.45, 2.75) is 32.4 Å². The van der Waals surface area contributed by atoms with Crippen LogP contribution >= 0.6 is 15.9 Å². The third kappa shape index (κ3) is 4.26. The van der Waals surface area contributed by atoms with E-state index in [1.54, 1.807) is 7.11 Å². The third-order valence-corrected chi connectivity index (χ3v) is 3.53. The molecule has 2 N–H and O–H groups in total. The van der Waals surface area contributed by atoms with E-state index in [1.165, 1.54) is 11.3 Å². The first-order chi connectivity index (χ1) is 8.45. The fraction of sp³-hybridized carbons (Fsp3) is 0.571. The second-order valence-electron chi connectivity index (χ2n) is 4.87. The van der Waals surface area contributed by atoms with Crippen molar-refractivity contribution in [2.24, 2.45) is 5.73 Å². The molecule has 0 fully saturated rings. The minimum atomic E-state index is 0.157. The number of hydrogen-bond donors (Lipinski definition) is 1. The summed E-state index contributed by atoms with van der Waals surface area (Å²) < 4.78 is 6.31. The van der Waals surface area contributed by atoms with Gasteiger partial charge in [0.25, 0.3) is 0 Å². The highest BCUT2D eigenvalue weighted by Gasteiger charge is 2.14. The van der Waals surface area contributed by atoms with Crippen LogP contribution in [0.15, 0.2) is 22.7 Å². The summed E-state index contributed by atoms with van der Waals surface area (Å²) in [4.78, 5) is 2.24. The van der Waals surface area contributed by atoms with Crippen molar-refractivity contribution >= 4 is 21.6 Å². The Morgan fingerprint density at radius 2 is 2.06 bits per heavy atom. The average Bonchev–Trinajstić information content (AvgIpc) is 2.28. The molecule has 0 spiro atoms. The molecule has 1 aromatic carbocycles. The normalized spacial score (nSPS) is 14.3. The molecular formula is C14H23BrN2O. The Bertz CT molecular complexity index is 382. The van der Waals surface area contributed by atoms with Gasteiger partial charge in [0.1, 0.15) is 0 Å². The minimum Gasteiger partial charge on any atom is -0.383 e. The molecule has 0 aliphatic rings. The van der Waals surface area contributed by atoms with Crippen LogP contribution in [0.3, 0.4) is 0 Å². The van der Waals surface area contributed by atoms with Crippen LogP contribution in [-0.4, -0.2) is 32.8 Å². The van der Waals surface area contributed by atoms with Crippen LogP contribution in [-0.2, 0) is 11.2 Å². The molecule has 2 atom stereocenters. The molecule has 0 aliphatic carbocycles. The number of likely N-dealkylation sites (N-methyl/N-ethyl adjacent to an activating group) is 1. The van der Waals surface area contributed by atoms with Crippen LogP contribution in [0.25, 0.3) is 0 Å². The molecule has 1 aromatic rings. The molecule has 102 valence electrons. The highest BCUT2D eigenvalue weighted by atomic mass is 79.9. The van der Waals surface area contributed by atoms with Gasteiger partial charge in [-0.15, -0.1) is 0 Å². The predicted molar refractivity (Wildman–Crippen MR) is 81.2 cm³/mol. The summed E-state index contributed by atoms with van der Waals surface area (Å²) in [5.74, 6) is 0. The van der Waals surface area contributed by atoms with Gasteiger partial charge in [-0.3, -0.25) is 0 Å². The number of rotatable bonds is 6. The fourth-order valence-corrected chi connectivity index (χ4v) is 2.41. The van der Waals surface area contributed by atoms with E-state index in [2.05, 4.69) is 53.0 Å². The number of halogens is 1. The van der Waals surface area contributed by atoms with Crippen LogP contribution < -0.4 is 10.6 Å². The van der Waals surface area contributed by atoms with Gasteiger partial charge in [0.05, 0.1) is 6.61 Å². The van der Waals surface area contributed by atoms with Gasteiger partial charge in [-0.25, -0.2) is 0 Å². The van der Waals surface area contributed by atoms with Gasteiger partial charge in [-0.1, -0.05) is 15.9 Å². The monoisotopic (exact) mass is 314 g/mol. The third-order valence-electron chi connectivity index (χ3n) is 3.03. The highest BCUT2D eigenvalue weighted by Crippen LogP contribution is 2.26. The maximum absolute atomic E-state index is 5.92. The quantitative estimate of drug-likeness (QED) is 0.877. The Morgan fingerprint density at radius 1 is 1.39 bits per heavy atom. The summed E-state index contributed by atoms with van der Waals surface area (Å²) in [6.45, 7) is 4.90. The molecular weight excluding hydrogens is 292 g/mol. The molecule has 0 bridgehead atoms. The number of methoxy groups -OCH3 is 1. The van der Waals surface area contributed by atoms with Crippen molar-refractivity contribution < 1.29 is 4.74 Å². The second-order valence-corrected chi connectivity index (χ2v) is 5.79. The van der Waals surface area contributed by atoms with Crippen LogP contribution in [0.4, 0.5) is 5.69 Å². The van der Waals surface area contributed by atoms with E-state index in [4.69, 9.17) is 10.5 Å². The van der Waals surface area contributed by atoms with Gasteiger partial charge in [-0.2, -0.15) is 0 Å². The van der Waals surface area contributed by atoms with Crippen molar-refractivity contribution in [3.05, 3.63) is 28.2 Å². The maximum atomic E-state index is 5.92. The number of nitrogens with zero attached hydrogens (tertiary/aromatic N) is 1. The molecule has 2 unspecified atom stereocenters. The Hall–Kier alpha value is -0.580. The van der Waals surface area contributed by atoms with E-state index in [0.717, 1.165) is 10.9 Å². The lowest BCUT2D eigenvalue weighted by Gasteiger charge is -2.29. The molecule has 0 amide bonds. The first-order valence-corrected chi connectivity index (χ1v) is 7.00.